The van der Waals surface area contributed by atoms with Crippen LogP contribution in [0.2, 0.25) is 8.87 Å². The monoisotopic (exact) mass is 410 g/mol. The van der Waals surface area contributed by atoms with Gasteiger partial charge in [-0.3, -0.25) is 0 Å². The molecule has 0 saturated carbocycles. The Kier molecular flexibility index (Phi) is 12.7. The van der Waals surface area contributed by atoms with Gasteiger partial charge in [-0.05, 0) is 6.92 Å². The molecular formula is C17H26N2O2Sn. The topological polar surface area (TPSA) is 58.9 Å². The predicted octanol–water partition coefficient (Wildman–Crippen LogP) is 4.70. The van der Waals surface area contributed by atoms with E-state index in [9.17, 15) is 9.59 Å². The van der Waals surface area contributed by atoms with Gasteiger partial charge in [0, 0.05) is 0 Å². The van der Waals surface area contributed by atoms with Crippen molar-refractivity contribution in [3.63, 3.8) is 0 Å². The zero-order chi connectivity index (χ0) is 16.7. The van der Waals surface area contributed by atoms with Crippen LogP contribution >= 0.6 is 0 Å². The molecule has 0 aromatic heterocycles. The first kappa shape index (κ1) is 20.8. The van der Waals surface area contributed by atoms with Gasteiger partial charge in [-0.15, -0.1) is 0 Å². The van der Waals surface area contributed by atoms with E-state index in [4.69, 9.17) is 0 Å². The van der Waals surface area contributed by atoms with Crippen LogP contribution in [0.25, 0.3) is 0 Å². The van der Waals surface area contributed by atoms with Crippen molar-refractivity contribution < 1.29 is 9.59 Å². The zero-order valence-corrected chi connectivity index (χ0v) is 16.7. The molecule has 22 heavy (non-hydrogen) atoms. The van der Waals surface area contributed by atoms with Crippen LogP contribution in [0.5, 0.6) is 0 Å². The van der Waals surface area contributed by atoms with Gasteiger partial charge in [-0.1, -0.05) is 35.9 Å². The molecule has 0 saturated heterocycles. The fourth-order valence-electron chi connectivity index (χ4n) is 2.00. The first-order valence-electron chi connectivity index (χ1n) is 7.83. The number of unbranched alkanes of at least 4 members (excludes halogenated alkanes) is 2. The number of carbonyl (C=O) groups excluding carboxylic acids is 2. The van der Waals surface area contributed by atoms with Crippen LogP contribution in [-0.4, -0.2) is 31.1 Å². The zero-order valence-electron chi connectivity index (χ0n) is 13.8. The van der Waals surface area contributed by atoms with E-state index in [0.29, 0.717) is 0 Å². The van der Waals surface area contributed by atoms with E-state index in [0.717, 1.165) is 34.6 Å². The number of rotatable bonds is 8. The van der Waals surface area contributed by atoms with Crippen molar-refractivity contribution in [3.8, 4) is 0 Å². The summed E-state index contributed by atoms with van der Waals surface area (Å²) in [6.45, 7) is 6.23. The van der Waals surface area contributed by atoms with E-state index in [1.807, 2.05) is 18.2 Å². The summed E-state index contributed by atoms with van der Waals surface area (Å²) in [5.74, 6) is 0. The normalized spacial score (nSPS) is 9.77. The van der Waals surface area contributed by atoms with Crippen molar-refractivity contribution in [1.29, 1.82) is 0 Å². The van der Waals surface area contributed by atoms with Gasteiger partial charge in [0.25, 0.3) is 0 Å². The summed E-state index contributed by atoms with van der Waals surface area (Å²) in [7, 11) is 0. The molecule has 0 aliphatic carbocycles. The Morgan fingerprint density at radius 3 is 1.64 bits per heavy atom. The average Bonchev–Trinajstić information content (AvgIpc) is 2.53. The van der Waals surface area contributed by atoms with Crippen LogP contribution < -0.4 is 0 Å². The van der Waals surface area contributed by atoms with E-state index in [2.05, 4.69) is 39.3 Å². The van der Waals surface area contributed by atoms with Crippen LogP contribution in [0.4, 0.5) is 0 Å². The van der Waals surface area contributed by atoms with Crippen LogP contribution in [0.3, 0.4) is 0 Å². The Hall–Kier alpha value is -1.22. The van der Waals surface area contributed by atoms with E-state index >= 15 is 0 Å². The second-order valence-electron chi connectivity index (χ2n) is 5.25. The quantitative estimate of drug-likeness (QED) is 0.355. The minimum absolute atomic E-state index is 0.829. The molecule has 120 valence electrons. The summed E-state index contributed by atoms with van der Waals surface area (Å²) in [4.78, 5) is 20.8. The van der Waals surface area contributed by atoms with Gasteiger partial charge in [0.15, 0.2) is 0 Å². The molecule has 0 atom stereocenters. The Bertz CT molecular complexity index is 465. The smallest absolute Gasteiger partial charge is 0.0398 e. The molecular weight excluding hydrogens is 383 g/mol. The molecule has 0 spiro atoms. The number of hydrogen-bond donors (Lipinski definition) is 0. The van der Waals surface area contributed by atoms with Crippen molar-refractivity contribution in [2.45, 2.75) is 55.3 Å². The van der Waals surface area contributed by atoms with Crippen molar-refractivity contribution in [2.24, 2.45) is 6.43 Å². The van der Waals surface area contributed by atoms with E-state index in [-0.39, 0.29) is 0 Å². The Balaban J connectivity index is 0.000000518. The Morgan fingerprint density at radius 1 is 0.909 bits per heavy atom. The Labute approximate surface area is 138 Å². The van der Waals surface area contributed by atoms with Gasteiger partial charge in [-0.2, -0.15) is 0 Å². The molecule has 1 aromatic carbocycles. The van der Waals surface area contributed by atoms with Crippen molar-refractivity contribution >= 4 is 31.1 Å². The molecule has 0 aliphatic rings. The average molecular weight is 409 g/mol. The molecule has 0 amide bonds. The standard InChI is InChI=1S/C7H8.2C4H9.2CNO.Sn/c1-7-5-3-2-4-6-7;2*1-3-4-2;2*2-1-3;/h2-6H,1H3;2*1,3-4H2,2H3;;;/q;;;2*-1;+2. The molecule has 0 bridgehead atoms. The van der Waals surface area contributed by atoms with E-state index in [1.54, 1.807) is 12.2 Å². The maximum Gasteiger partial charge on any atom is -0.0398 e. The molecule has 0 heterocycles. The van der Waals surface area contributed by atoms with Gasteiger partial charge < -0.3 is 0 Å². The van der Waals surface area contributed by atoms with Gasteiger partial charge in [0.2, 0.25) is 0 Å². The number of aryl methyl sites for hydroxylation is 1. The van der Waals surface area contributed by atoms with Gasteiger partial charge in [0.1, 0.15) is 0 Å². The summed E-state index contributed by atoms with van der Waals surface area (Å²) in [5, 5.41) is 0. The van der Waals surface area contributed by atoms with Gasteiger partial charge >= 0.3 is 95.5 Å². The second-order valence-corrected chi connectivity index (χ2v) is 15.0. The summed E-state index contributed by atoms with van der Waals surface area (Å²) >= 11 is -3.22. The maximum atomic E-state index is 10.4. The summed E-state index contributed by atoms with van der Waals surface area (Å²) in [6.07, 6.45) is 7.25. The minimum Gasteiger partial charge on any atom is -0.0622 e. The summed E-state index contributed by atoms with van der Waals surface area (Å²) < 4.78 is 9.45. The maximum absolute atomic E-state index is 10.4. The molecule has 1 aromatic rings. The third-order valence-electron chi connectivity index (χ3n) is 3.31. The molecule has 4 nitrogen and oxygen atoms in total. The molecule has 0 unspecified atom stereocenters. The molecule has 1 rings (SSSR count). The van der Waals surface area contributed by atoms with Crippen LogP contribution in [0.1, 0.15) is 45.1 Å². The SMILES string of the molecule is CCC[CH2][Sn]([CH2]CCC)([N]=C=O)[N]=C=O.Cc1ccccc1. The molecule has 0 radical (unpaired) electrons. The third-order valence-corrected chi connectivity index (χ3v) is 12.8. The summed E-state index contributed by atoms with van der Waals surface area (Å²) in [6, 6.07) is 10.3. The Morgan fingerprint density at radius 2 is 1.36 bits per heavy atom. The predicted molar refractivity (Wildman–Crippen MR) is 92.6 cm³/mol. The number of hydrogen-bond acceptors (Lipinski definition) is 4. The number of benzene rings is 1. The number of nitrogens with zero attached hydrogens (tertiary/aromatic N) is 2. The minimum atomic E-state index is -3.22. The first-order valence-corrected chi connectivity index (χ1v) is 14.4. The van der Waals surface area contributed by atoms with Crippen molar-refractivity contribution in [2.75, 3.05) is 0 Å². The largest absolute Gasteiger partial charge is 0.0622 e. The second kappa shape index (κ2) is 13.4. The first-order chi connectivity index (χ1) is 10.6. The molecule has 0 aliphatic heterocycles. The van der Waals surface area contributed by atoms with Crippen LogP contribution in [0.15, 0.2) is 36.8 Å². The molecule has 0 N–H and O–H groups in total. The fraction of sp³-hybridized carbons (Fsp3) is 0.529. The van der Waals surface area contributed by atoms with Crippen molar-refractivity contribution in [3.05, 3.63) is 35.9 Å². The van der Waals surface area contributed by atoms with E-state index in [1.165, 1.54) is 5.56 Å². The molecule has 5 heteroatoms. The third kappa shape index (κ3) is 9.67. The number of isocyanates is 2. The van der Waals surface area contributed by atoms with Crippen molar-refractivity contribution in [1.82, 2.24) is 0 Å². The molecule has 0 fully saturated rings. The van der Waals surface area contributed by atoms with Gasteiger partial charge in [-0.25, -0.2) is 0 Å². The van der Waals surface area contributed by atoms with Crippen LogP contribution in [-0.2, 0) is 9.59 Å². The summed E-state index contributed by atoms with van der Waals surface area (Å²) in [5.41, 5.74) is 1.32. The van der Waals surface area contributed by atoms with Crippen LogP contribution in [0, 0.1) is 6.92 Å². The van der Waals surface area contributed by atoms with Gasteiger partial charge in [0.05, 0.1) is 0 Å². The van der Waals surface area contributed by atoms with E-state index < -0.39 is 18.9 Å². The fourth-order valence-corrected chi connectivity index (χ4v) is 10.4.